The van der Waals surface area contributed by atoms with Gasteiger partial charge in [0.2, 0.25) is 5.91 Å². The first-order valence-electron chi connectivity index (χ1n) is 7.03. The summed E-state index contributed by atoms with van der Waals surface area (Å²) in [5.74, 6) is 0.713. The summed E-state index contributed by atoms with van der Waals surface area (Å²) in [4.78, 5) is 14.7. The summed E-state index contributed by atoms with van der Waals surface area (Å²) in [5.41, 5.74) is 0. The molecular formula is C13H23N3O. The number of nitrogens with zero attached hydrogens (tertiary/aromatic N) is 1. The van der Waals surface area contributed by atoms with E-state index >= 15 is 0 Å². The number of fused-ring (bicyclic) bond motifs is 1. The van der Waals surface area contributed by atoms with Crippen molar-refractivity contribution in [1.82, 2.24) is 15.5 Å². The van der Waals surface area contributed by atoms with Crippen LogP contribution in [0, 0.1) is 5.92 Å². The Morgan fingerprint density at radius 2 is 2.18 bits per heavy atom. The quantitative estimate of drug-likeness (QED) is 0.728. The summed E-state index contributed by atoms with van der Waals surface area (Å²) in [6.45, 7) is 5.55. The Labute approximate surface area is 103 Å². The fourth-order valence-corrected chi connectivity index (χ4v) is 3.71. The second-order valence-electron chi connectivity index (χ2n) is 5.85. The summed E-state index contributed by atoms with van der Waals surface area (Å²) < 4.78 is 0. The number of carbonyl (C=O) groups excluding carboxylic acids is 1. The number of amides is 1. The zero-order valence-corrected chi connectivity index (χ0v) is 10.6. The van der Waals surface area contributed by atoms with Crippen LogP contribution in [0.1, 0.15) is 32.6 Å². The van der Waals surface area contributed by atoms with Crippen LogP contribution in [0.25, 0.3) is 0 Å². The highest BCUT2D eigenvalue weighted by Crippen LogP contribution is 2.28. The van der Waals surface area contributed by atoms with E-state index in [9.17, 15) is 4.79 Å². The average Bonchev–Trinajstić information content (AvgIpc) is 2.96. The monoisotopic (exact) mass is 237 g/mol. The van der Waals surface area contributed by atoms with Crippen LogP contribution >= 0.6 is 0 Å². The lowest BCUT2D eigenvalue weighted by atomic mass is 10.0. The molecule has 96 valence electrons. The maximum atomic E-state index is 12.2. The van der Waals surface area contributed by atoms with Crippen LogP contribution in [-0.4, -0.2) is 48.6 Å². The highest BCUT2D eigenvalue weighted by molar-refractivity contribution is 5.82. The molecule has 3 aliphatic heterocycles. The van der Waals surface area contributed by atoms with Gasteiger partial charge in [-0.25, -0.2) is 0 Å². The maximum Gasteiger partial charge on any atom is 0.237 e. The Morgan fingerprint density at radius 3 is 2.94 bits per heavy atom. The average molecular weight is 237 g/mol. The molecule has 17 heavy (non-hydrogen) atoms. The molecule has 0 aromatic heterocycles. The van der Waals surface area contributed by atoms with E-state index in [1.807, 2.05) is 0 Å². The van der Waals surface area contributed by atoms with E-state index < -0.39 is 0 Å². The predicted molar refractivity (Wildman–Crippen MR) is 66.7 cm³/mol. The molecule has 0 aromatic rings. The minimum absolute atomic E-state index is 0.0467. The van der Waals surface area contributed by atoms with E-state index in [0.717, 1.165) is 19.4 Å². The first-order valence-corrected chi connectivity index (χ1v) is 7.03. The first kappa shape index (κ1) is 11.5. The van der Waals surface area contributed by atoms with Gasteiger partial charge in [-0.1, -0.05) is 6.92 Å². The van der Waals surface area contributed by atoms with Crippen molar-refractivity contribution in [3.05, 3.63) is 0 Å². The van der Waals surface area contributed by atoms with Gasteiger partial charge >= 0.3 is 0 Å². The molecule has 3 fully saturated rings. The molecule has 3 heterocycles. The Hall–Kier alpha value is -0.610. The van der Waals surface area contributed by atoms with Crippen molar-refractivity contribution in [2.45, 2.75) is 50.7 Å². The molecule has 0 aliphatic carbocycles. The van der Waals surface area contributed by atoms with Gasteiger partial charge in [0.15, 0.2) is 0 Å². The van der Waals surface area contributed by atoms with E-state index in [1.54, 1.807) is 0 Å². The van der Waals surface area contributed by atoms with E-state index in [4.69, 9.17) is 0 Å². The Morgan fingerprint density at radius 1 is 1.29 bits per heavy atom. The second-order valence-corrected chi connectivity index (χ2v) is 5.85. The first-order chi connectivity index (χ1) is 8.25. The Balaban J connectivity index is 1.58. The van der Waals surface area contributed by atoms with Crippen molar-refractivity contribution in [3.8, 4) is 0 Å². The zero-order valence-electron chi connectivity index (χ0n) is 10.6. The van der Waals surface area contributed by atoms with Crippen molar-refractivity contribution in [2.75, 3.05) is 19.6 Å². The molecule has 3 rings (SSSR count). The van der Waals surface area contributed by atoms with Gasteiger partial charge in [-0.2, -0.15) is 0 Å². The molecular weight excluding hydrogens is 214 g/mol. The molecule has 3 aliphatic rings. The number of hydrogen-bond acceptors (Lipinski definition) is 3. The molecule has 4 atom stereocenters. The van der Waals surface area contributed by atoms with E-state index in [0.29, 0.717) is 18.0 Å². The van der Waals surface area contributed by atoms with Gasteiger partial charge in [0.1, 0.15) is 0 Å². The maximum absolute atomic E-state index is 12.2. The summed E-state index contributed by atoms with van der Waals surface area (Å²) in [5, 5.41) is 6.59. The summed E-state index contributed by atoms with van der Waals surface area (Å²) >= 11 is 0. The number of carbonyl (C=O) groups is 1. The van der Waals surface area contributed by atoms with Crippen LogP contribution in [0.4, 0.5) is 0 Å². The summed E-state index contributed by atoms with van der Waals surface area (Å²) in [6.07, 6.45) is 4.82. The second kappa shape index (κ2) is 4.58. The fourth-order valence-electron chi connectivity index (χ4n) is 3.71. The van der Waals surface area contributed by atoms with Crippen molar-refractivity contribution in [3.63, 3.8) is 0 Å². The van der Waals surface area contributed by atoms with Gasteiger partial charge in [-0.15, -0.1) is 0 Å². The lowest BCUT2D eigenvalue weighted by molar-refractivity contribution is -0.124. The molecule has 4 heteroatoms. The standard InChI is InChI=1S/C13H23N3O/c1-9-4-6-14-12(9)13(17)15-10-5-8-16-7-2-3-11(10)16/h9-12,14H,2-8H2,1H3,(H,15,17). The molecule has 1 amide bonds. The van der Waals surface area contributed by atoms with E-state index in [-0.39, 0.29) is 11.9 Å². The third-order valence-corrected chi connectivity index (χ3v) is 4.75. The minimum atomic E-state index is 0.0467. The summed E-state index contributed by atoms with van der Waals surface area (Å²) in [6, 6.07) is 1.07. The van der Waals surface area contributed by atoms with Crippen molar-refractivity contribution >= 4 is 5.91 Å². The highest BCUT2D eigenvalue weighted by Gasteiger charge is 2.39. The third kappa shape index (κ3) is 2.08. The SMILES string of the molecule is CC1CCNC1C(=O)NC1CCN2CCCC12. The predicted octanol–water partition coefficient (Wildman–Crippen LogP) is 0.337. The molecule has 0 aromatic carbocycles. The van der Waals surface area contributed by atoms with Crippen LogP contribution in [-0.2, 0) is 4.79 Å². The smallest absolute Gasteiger partial charge is 0.237 e. The normalized spacial score (nSPS) is 41.7. The van der Waals surface area contributed by atoms with Gasteiger partial charge in [0, 0.05) is 18.6 Å². The van der Waals surface area contributed by atoms with Crippen LogP contribution in [0.5, 0.6) is 0 Å². The van der Waals surface area contributed by atoms with E-state index in [2.05, 4.69) is 22.5 Å². The van der Waals surface area contributed by atoms with Gasteiger partial charge < -0.3 is 10.6 Å². The lowest BCUT2D eigenvalue weighted by Crippen LogP contribution is -2.50. The minimum Gasteiger partial charge on any atom is -0.350 e. The molecule has 0 bridgehead atoms. The lowest BCUT2D eigenvalue weighted by Gasteiger charge is -2.24. The van der Waals surface area contributed by atoms with Crippen molar-refractivity contribution < 1.29 is 4.79 Å². The molecule has 4 unspecified atom stereocenters. The number of nitrogens with one attached hydrogen (secondary N) is 2. The topological polar surface area (TPSA) is 44.4 Å². The Bertz CT molecular complexity index is 307. The highest BCUT2D eigenvalue weighted by atomic mass is 16.2. The fraction of sp³-hybridized carbons (Fsp3) is 0.923. The number of rotatable bonds is 2. The summed E-state index contributed by atoms with van der Waals surface area (Å²) in [7, 11) is 0. The van der Waals surface area contributed by atoms with Gasteiger partial charge in [-0.3, -0.25) is 9.69 Å². The number of hydrogen-bond donors (Lipinski definition) is 2. The molecule has 0 radical (unpaired) electrons. The molecule has 2 N–H and O–H groups in total. The van der Waals surface area contributed by atoms with Crippen molar-refractivity contribution in [2.24, 2.45) is 5.92 Å². The molecule has 0 saturated carbocycles. The van der Waals surface area contributed by atoms with Crippen LogP contribution in [0.2, 0.25) is 0 Å². The Kier molecular flexibility index (Phi) is 3.09. The van der Waals surface area contributed by atoms with Crippen LogP contribution in [0.15, 0.2) is 0 Å². The van der Waals surface area contributed by atoms with Crippen LogP contribution < -0.4 is 10.6 Å². The molecule has 4 nitrogen and oxygen atoms in total. The van der Waals surface area contributed by atoms with Crippen LogP contribution in [0.3, 0.4) is 0 Å². The van der Waals surface area contributed by atoms with Crippen molar-refractivity contribution in [1.29, 1.82) is 0 Å². The zero-order chi connectivity index (χ0) is 11.8. The van der Waals surface area contributed by atoms with Gasteiger partial charge in [0.25, 0.3) is 0 Å². The van der Waals surface area contributed by atoms with Gasteiger partial charge in [-0.05, 0) is 44.7 Å². The third-order valence-electron chi connectivity index (χ3n) is 4.75. The largest absolute Gasteiger partial charge is 0.350 e. The molecule has 0 spiro atoms. The van der Waals surface area contributed by atoms with E-state index in [1.165, 1.54) is 25.9 Å². The molecule has 3 saturated heterocycles. The van der Waals surface area contributed by atoms with Gasteiger partial charge in [0.05, 0.1) is 6.04 Å².